The smallest absolute Gasteiger partial charge is 0.338 e. The van der Waals surface area contributed by atoms with E-state index in [2.05, 4.69) is 4.85 Å². The molecule has 0 aliphatic carbocycles. The lowest BCUT2D eigenvalue weighted by atomic mass is 10.2. The Kier molecular flexibility index (Phi) is 13.8. The van der Waals surface area contributed by atoms with Crippen LogP contribution in [0, 0.1) is 6.57 Å². The molecule has 0 aromatic heterocycles. The summed E-state index contributed by atoms with van der Waals surface area (Å²) in [5.74, 6) is -0.435. The first-order valence-electron chi connectivity index (χ1n) is 8.72. The van der Waals surface area contributed by atoms with E-state index in [1.54, 1.807) is 31.4 Å². The molecule has 0 atom stereocenters. The van der Waals surface area contributed by atoms with E-state index >= 15 is 0 Å². The third-order valence-electron chi connectivity index (χ3n) is 3.24. The molecular formula is C19H27NO7. The highest BCUT2D eigenvalue weighted by atomic mass is 16.6. The summed E-state index contributed by atoms with van der Waals surface area (Å²) in [6, 6.07) is 6.29. The van der Waals surface area contributed by atoms with Crippen molar-refractivity contribution in [3.8, 4) is 0 Å². The minimum Gasteiger partial charge on any atom is -0.460 e. The maximum atomic E-state index is 11.8. The summed E-state index contributed by atoms with van der Waals surface area (Å²) < 4.78 is 31.2. The Morgan fingerprint density at radius 2 is 1.22 bits per heavy atom. The lowest BCUT2D eigenvalue weighted by Crippen LogP contribution is -2.15. The molecule has 0 saturated heterocycles. The Bertz CT molecular complexity index is 542. The van der Waals surface area contributed by atoms with Crippen LogP contribution in [0.1, 0.15) is 10.4 Å². The first kappa shape index (κ1) is 23.0. The van der Waals surface area contributed by atoms with E-state index < -0.39 is 5.97 Å². The first-order chi connectivity index (χ1) is 13.3. The van der Waals surface area contributed by atoms with E-state index in [1.165, 1.54) is 0 Å². The van der Waals surface area contributed by atoms with Gasteiger partial charge >= 0.3 is 5.97 Å². The normalized spacial score (nSPS) is 10.5. The van der Waals surface area contributed by atoms with Gasteiger partial charge in [-0.25, -0.2) is 9.64 Å². The average Bonchev–Trinajstić information content (AvgIpc) is 2.70. The predicted octanol–water partition coefficient (Wildman–Crippen LogP) is 2.11. The van der Waals surface area contributed by atoms with Gasteiger partial charge in [0.2, 0.25) is 0 Å². The third kappa shape index (κ3) is 12.1. The van der Waals surface area contributed by atoms with Crippen molar-refractivity contribution in [3.05, 3.63) is 41.2 Å². The van der Waals surface area contributed by atoms with Crippen molar-refractivity contribution >= 4 is 11.7 Å². The lowest BCUT2D eigenvalue weighted by Gasteiger charge is -2.08. The van der Waals surface area contributed by atoms with Gasteiger partial charge in [0, 0.05) is 7.11 Å². The SMILES string of the molecule is [C-]#[N+]c1ccc(C(=O)OCCOCCOCCOCCOCCOC)cc1. The predicted molar refractivity (Wildman–Crippen MR) is 98.1 cm³/mol. The monoisotopic (exact) mass is 381 g/mol. The molecule has 150 valence electrons. The molecule has 1 rings (SSSR count). The van der Waals surface area contributed by atoms with Crippen LogP contribution in [-0.2, 0) is 28.4 Å². The van der Waals surface area contributed by atoms with E-state index in [-0.39, 0.29) is 6.61 Å². The van der Waals surface area contributed by atoms with Crippen LogP contribution in [0.4, 0.5) is 5.69 Å². The van der Waals surface area contributed by atoms with Crippen LogP contribution in [0.5, 0.6) is 0 Å². The molecule has 8 nitrogen and oxygen atoms in total. The quantitative estimate of drug-likeness (QED) is 0.247. The Hall–Kier alpha value is -2.02. The van der Waals surface area contributed by atoms with E-state index in [0.717, 1.165) is 0 Å². The van der Waals surface area contributed by atoms with Gasteiger partial charge in [0.1, 0.15) is 6.61 Å². The molecule has 0 saturated carbocycles. The molecule has 1 aromatic rings. The summed E-state index contributed by atoms with van der Waals surface area (Å²) in [6.45, 7) is 11.4. The molecule has 0 fully saturated rings. The van der Waals surface area contributed by atoms with Crippen LogP contribution in [0.2, 0.25) is 0 Å². The fourth-order valence-corrected chi connectivity index (χ4v) is 1.85. The zero-order valence-electron chi connectivity index (χ0n) is 15.7. The highest BCUT2D eigenvalue weighted by Crippen LogP contribution is 2.13. The number of carbonyl (C=O) groups excluding carboxylic acids is 1. The molecule has 0 unspecified atom stereocenters. The largest absolute Gasteiger partial charge is 0.460 e. The van der Waals surface area contributed by atoms with Gasteiger partial charge in [-0.1, -0.05) is 24.3 Å². The number of rotatable bonds is 16. The van der Waals surface area contributed by atoms with Gasteiger partial charge in [0.15, 0.2) is 5.69 Å². The van der Waals surface area contributed by atoms with Crippen molar-refractivity contribution in [3.63, 3.8) is 0 Å². The van der Waals surface area contributed by atoms with Crippen LogP contribution >= 0.6 is 0 Å². The summed E-state index contributed by atoms with van der Waals surface area (Å²) in [5, 5.41) is 0. The number of hydrogen-bond acceptors (Lipinski definition) is 7. The van der Waals surface area contributed by atoms with E-state index in [0.29, 0.717) is 70.7 Å². The molecule has 0 aliphatic rings. The minimum atomic E-state index is -0.435. The molecule has 0 radical (unpaired) electrons. The molecule has 0 spiro atoms. The van der Waals surface area contributed by atoms with Crippen molar-refractivity contribution in [1.29, 1.82) is 0 Å². The van der Waals surface area contributed by atoms with Crippen LogP contribution in [0.3, 0.4) is 0 Å². The number of ether oxygens (including phenoxy) is 6. The summed E-state index contributed by atoms with van der Waals surface area (Å²) in [4.78, 5) is 15.0. The zero-order valence-corrected chi connectivity index (χ0v) is 15.7. The maximum absolute atomic E-state index is 11.8. The topological polar surface area (TPSA) is 76.8 Å². The van der Waals surface area contributed by atoms with Crippen molar-refractivity contribution in [1.82, 2.24) is 0 Å². The standard InChI is InChI=1S/C19H27NO7/c1-20-18-5-3-17(4-6-18)19(21)27-16-15-26-14-13-25-12-11-24-10-9-23-8-7-22-2/h3-6H,7-16H2,2H3. The second-order valence-electron chi connectivity index (χ2n) is 5.24. The molecule has 0 aliphatic heterocycles. The molecule has 0 bridgehead atoms. The number of nitrogens with zero attached hydrogens (tertiary/aromatic N) is 1. The number of methoxy groups -OCH3 is 1. The second kappa shape index (κ2) is 16.2. The molecule has 0 N–H and O–H groups in total. The fraction of sp³-hybridized carbons (Fsp3) is 0.579. The van der Waals surface area contributed by atoms with Gasteiger partial charge in [0.05, 0.1) is 71.6 Å². The summed E-state index contributed by atoms with van der Waals surface area (Å²) in [6.07, 6.45) is 0. The van der Waals surface area contributed by atoms with Crippen molar-refractivity contribution < 1.29 is 33.2 Å². The third-order valence-corrected chi connectivity index (χ3v) is 3.24. The Labute approximate surface area is 160 Å². The number of carbonyl (C=O) groups is 1. The van der Waals surface area contributed by atoms with Crippen molar-refractivity contribution in [2.45, 2.75) is 0 Å². The van der Waals surface area contributed by atoms with Crippen LogP contribution in [-0.4, -0.2) is 79.1 Å². The molecule has 8 heteroatoms. The van der Waals surface area contributed by atoms with Gasteiger partial charge in [-0.3, -0.25) is 0 Å². The molecular weight excluding hydrogens is 354 g/mol. The molecule has 27 heavy (non-hydrogen) atoms. The van der Waals surface area contributed by atoms with Crippen molar-refractivity contribution in [2.24, 2.45) is 0 Å². The van der Waals surface area contributed by atoms with Gasteiger partial charge in [-0.15, -0.1) is 0 Å². The highest BCUT2D eigenvalue weighted by molar-refractivity contribution is 5.89. The summed E-state index contributed by atoms with van der Waals surface area (Å²) in [5.41, 5.74) is 0.894. The Morgan fingerprint density at radius 1 is 0.778 bits per heavy atom. The maximum Gasteiger partial charge on any atom is 0.338 e. The van der Waals surface area contributed by atoms with Crippen molar-refractivity contribution in [2.75, 3.05) is 73.2 Å². The number of esters is 1. The van der Waals surface area contributed by atoms with Gasteiger partial charge < -0.3 is 28.4 Å². The van der Waals surface area contributed by atoms with Crippen LogP contribution in [0.25, 0.3) is 4.85 Å². The van der Waals surface area contributed by atoms with Gasteiger partial charge in [0.25, 0.3) is 0 Å². The average molecular weight is 381 g/mol. The second-order valence-corrected chi connectivity index (χ2v) is 5.24. The first-order valence-corrected chi connectivity index (χ1v) is 8.72. The molecule has 0 heterocycles. The van der Waals surface area contributed by atoms with Gasteiger partial charge in [-0.2, -0.15) is 0 Å². The fourth-order valence-electron chi connectivity index (χ4n) is 1.85. The zero-order chi connectivity index (χ0) is 19.6. The van der Waals surface area contributed by atoms with Gasteiger partial charge in [-0.05, 0) is 0 Å². The number of hydrogen-bond donors (Lipinski definition) is 0. The Morgan fingerprint density at radius 3 is 1.67 bits per heavy atom. The van der Waals surface area contributed by atoms with Crippen LogP contribution in [0.15, 0.2) is 24.3 Å². The van der Waals surface area contributed by atoms with Crippen LogP contribution < -0.4 is 0 Å². The minimum absolute atomic E-state index is 0.162. The molecule has 0 amide bonds. The summed E-state index contributed by atoms with van der Waals surface area (Å²) in [7, 11) is 1.63. The number of benzene rings is 1. The van der Waals surface area contributed by atoms with E-state index in [9.17, 15) is 4.79 Å². The Balaban J connectivity index is 1.86. The van der Waals surface area contributed by atoms with E-state index in [1.807, 2.05) is 0 Å². The molecule has 1 aromatic carbocycles. The highest BCUT2D eigenvalue weighted by Gasteiger charge is 2.06. The summed E-state index contributed by atoms with van der Waals surface area (Å²) >= 11 is 0. The lowest BCUT2D eigenvalue weighted by molar-refractivity contribution is -0.0129. The van der Waals surface area contributed by atoms with E-state index in [4.69, 9.17) is 35.0 Å².